The third kappa shape index (κ3) is 2.81. The van der Waals surface area contributed by atoms with Crippen LogP contribution in [0.3, 0.4) is 0 Å². The molecule has 0 saturated carbocycles. The Hall–Kier alpha value is -0.450. The molecule has 4 heteroatoms. The van der Waals surface area contributed by atoms with Crippen LogP contribution in [-0.4, -0.2) is 5.78 Å². The molecule has 0 bridgehead atoms. The second-order valence-electron chi connectivity index (χ2n) is 3.46. The van der Waals surface area contributed by atoms with E-state index in [4.69, 9.17) is 0 Å². The monoisotopic (exact) mass is 314 g/mol. The summed E-state index contributed by atoms with van der Waals surface area (Å²) in [5.41, 5.74) is 0.809. The summed E-state index contributed by atoms with van der Waals surface area (Å²) in [7, 11) is 0. The Morgan fingerprint density at radius 1 is 1.38 bits per heavy atom. The van der Waals surface area contributed by atoms with E-state index in [1.165, 1.54) is 4.88 Å². The third-order valence-corrected chi connectivity index (χ3v) is 5.02. The van der Waals surface area contributed by atoms with Crippen LogP contribution in [0, 0.1) is 0 Å². The zero-order valence-corrected chi connectivity index (χ0v) is 12.0. The number of halogens is 1. The van der Waals surface area contributed by atoms with E-state index in [-0.39, 0.29) is 5.78 Å². The molecule has 2 rings (SSSR count). The Balaban J connectivity index is 2.07. The van der Waals surface area contributed by atoms with Crippen LogP contribution in [-0.2, 0) is 12.8 Å². The maximum absolute atomic E-state index is 11.9. The molecule has 0 fully saturated rings. The maximum Gasteiger partial charge on any atom is 0.168 e. The summed E-state index contributed by atoms with van der Waals surface area (Å²) in [6.07, 6.45) is 1.57. The minimum atomic E-state index is 0.200. The molecule has 84 valence electrons. The van der Waals surface area contributed by atoms with Crippen LogP contribution >= 0.6 is 38.6 Å². The van der Waals surface area contributed by atoms with Gasteiger partial charge in [0.2, 0.25) is 0 Å². The third-order valence-electron chi connectivity index (χ3n) is 2.29. The van der Waals surface area contributed by atoms with Gasteiger partial charge in [-0.3, -0.25) is 4.79 Å². The number of hydrogen-bond donors (Lipinski definition) is 0. The van der Waals surface area contributed by atoms with Crippen LogP contribution in [0.4, 0.5) is 0 Å². The number of aryl methyl sites for hydroxylation is 1. The van der Waals surface area contributed by atoms with Crippen LogP contribution in [0.2, 0.25) is 0 Å². The van der Waals surface area contributed by atoms with E-state index in [9.17, 15) is 4.79 Å². The summed E-state index contributed by atoms with van der Waals surface area (Å²) in [5.74, 6) is 0.200. The van der Waals surface area contributed by atoms with E-state index < -0.39 is 0 Å². The van der Waals surface area contributed by atoms with Crippen LogP contribution < -0.4 is 0 Å². The van der Waals surface area contributed by atoms with Gasteiger partial charge in [-0.05, 0) is 40.5 Å². The number of hydrogen-bond acceptors (Lipinski definition) is 3. The average molecular weight is 315 g/mol. The van der Waals surface area contributed by atoms with Crippen molar-refractivity contribution < 1.29 is 4.79 Å². The quantitative estimate of drug-likeness (QED) is 0.756. The lowest BCUT2D eigenvalue weighted by atomic mass is 10.1. The summed E-state index contributed by atoms with van der Waals surface area (Å²) < 4.78 is 1.01. The first-order chi connectivity index (χ1) is 7.69. The number of thiophene rings is 2. The molecule has 0 spiro atoms. The molecule has 0 saturated heterocycles. The highest BCUT2D eigenvalue weighted by molar-refractivity contribution is 9.11. The number of carbonyl (C=O) groups is 1. The number of carbonyl (C=O) groups excluding carboxylic acids is 1. The number of ketones is 1. The predicted molar refractivity (Wildman–Crippen MR) is 73.8 cm³/mol. The first-order valence-corrected chi connectivity index (χ1v) is 7.52. The fraction of sp³-hybridized carbons (Fsp3) is 0.250. The molecule has 0 unspecified atom stereocenters. The lowest BCUT2D eigenvalue weighted by Gasteiger charge is -1.94. The summed E-state index contributed by atoms with van der Waals surface area (Å²) in [4.78, 5) is 14.4. The van der Waals surface area contributed by atoms with Crippen molar-refractivity contribution in [3.63, 3.8) is 0 Å². The van der Waals surface area contributed by atoms with Crippen molar-refractivity contribution >= 4 is 44.4 Å². The molecular formula is C12H11BrOS2. The second-order valence-corrected chi connectivity index (χ2v) is 7.00. The van der Waals surface area contributed by atoms with E-state index in [2.05, 4.69) is 35.0 Å². The van der Waals surface area contributed by atoms with E-state index in [0.717, 1.165) is 20.6 Å². The normalized spacial score (nSPS) is 10.6. The minimum Gasteiger partial charge on any atom is -0.294 e. The standard InChI is InChI=1S/C12H11BrOS2/c1-2-9-3-4-10(16-9)6-11(14)8-5-12(13)15-7-8/h3-5,7H,2,6H2,1H3. The minimum absolute atomic E-state index is 0.200. The van der Waals surface area contributed by atoms with Gasteiger partial charge in [0.05, 0.1) is 3.79 Å². The van der Waals surface area contributed by atoms with Gasteiger partial charge in [-0.2, -0.15) is 0 Å². The predicted octanol–water partition coefficient (Wildman–Crippen LogP) is 4.56. The van der Waals surface area contributed by atoms with Gasteiger partial charge in [0.25, 0.3) is 0 Å². The second kappa shape index (κ2) is 5.25. The van der Waals surface area contributed by atoms with Crippen molar-refractivity contribution in [2.75, 3.05) is 0 Å². The topological polar surface area (TPSA) is 17.1 Å². The van der Waals surface area contributed by atoms with Gasteiger partial charge in [0.15, 0.2) is 5.78 Å². The lowest BCUT2D eigenvalue weighted by Crippen LogP contribution is -1.99. The molecule has 0 aliphatic heterocycles. The van der Waals surface area contributed by atoms with Gasteiger partial charge < -0.3 is 0 Å². The Labute approximate surface area is 111 Å². The molecule has 0 aromatic carbocycles. The van der Waals surface area contributed by atoms with Crippen LogP contribution in [0.25, 0.3) is 0 Å². The highest BCUT2D eigenvalue weighted by Crippen LogP contribution is 2.23. The lowest BCUT2D eigenvalue weighted by molar-refractivity contribution is 0.0994. The van der Waals surface area contributed by atoms with Crippen LogP contribution in [0.1, 0.15) is 27.0 Å². The highest BCUT2D eigenvalue weighted by atomic mass is 79.9. The molecular weight excluding hydrogens is 304 g/mol. The molecule has 2 aromatic heterocycles. The molecule has 0 aliphatic rings. The van der Waals surface area contributed by atoms with Gasteiger partial charge in [0, 0.05) is 27.1 Å². The molecule has 0 radical (unpaired) electrons. The van der Waals surface area contributed by atoms with E-state index in [1.807, 2.05) is 11.4 Å². The van der Waals surface area contributed by atoms with E-state index >= 15 is 0 Å². The Morgan fingerprint density at radius 3 is 2.69 bits per heavy atom. The van der Waals surface area contributed by atoms with Crippen molar-refractivity contribution in [1.82, 2.24) is 0 Å². The zero-order chi connectivity index (χ0) is 11.5. The van der Waals surface area contributed by atoms with Gasteiger partial charge in [-0.15, -0.1) is 22.7 Å². The molecule has 0 aliphatic carbocycles. The highest BCUT2D eigenvalue weighted by Gasteiger charge is 2.10. The van der Waals surface area contributed by atoms with Crippen LogP contribution in [0.5, 0.6) is 0 Å². The SMILES string of the molecule is CCc1ccc(CC(=O)c2csc(Br)c2)s1. The maximum atomic E-state index is 11.9. The molecule has 1 nitrogen and oxygen atoms in total. The van der Waals surface area contributed by atoms with Crippen molar-refractivity contribution in [3.05, 3.63) is 42.7 Å². The molecule has 2 aromatic rings. The average Bonchev–Trinajstić information content (AvgIpc) is 2.87. The first kappa shape index (κ1) is 12.0. The fourth-order valence-electron chi connectivity index (χ4n) is 1.42. The molecule has 16 heavy (non-hydrogen) atoms. The van der Waals surface area contributed by atoms with Gasteiger partial charge in [-0.1, -0.05) is 6.92 Å². The van der Waals surface area contributed by atoms with Crippen molar-refractivity contribution in [2.24, 2.45) is 0 Å². The summed E-state index contributed by atoms with van der Waals surface area (Å²) in [5, 5.41) is 1.90. The first-order valence-electron chi connectivity index (χ1n) is 5.04. The largest absolute Gasteiger partial charge is 0.294 e. The summed E-state index contributed by atoms with van der Waals surface area (Å²) >= 11 is 6.66. The molecule has 0 amide bonds. The number of rotatable bonds is 4. The van der Waals surface area contributed by atoms with Crippen molar-refractivity contribution in [1.29, 1.82) is 0 Å². The van der Waals surface area contributed by atoms with Gasteiger partial charge >= 0.3 is 0 Å². The summed E-state index contributed by atoms with van der Waals surface area (Å²) in [6.45, 7) is 2.13. The van der Waals surface area contributed by atoms with Gasteiger partial charge in [-0.25, -0.2) is 0 Å². The van der Waals surface area contributed by atoms with E-state index in [0.29, 0.717) is 6.42 Å². The Bertz CT molecular complexity index is 499. The van der Waals surface area contributed by atoms with E-state index in [1.54, 1.807) is 22.7 Å². The fourth-order valence-corrected chi connectivity index (χ4v) is 3.54. The van der Waals surface area contributed by atoms with Crippen LogP contribution in [0.15, 0.2) is 27.4 Å². The molecule has 0 N–H and O–H groups in total. The van der Waals surface area contributed by atoms with Crippen molar-refractivity contribution in [2.45, 2.75) is 19.8 Å². The Kier molecular flexibility index (Phi) is 3.95. The van der Waals surface area contributed by atoms with Gasteiger partial charge in [0.1, 0.15) is 0 Å². The Morgan fingerprint density at radius 2 is 2.12 bits per heavy atom. The molecule has 2 heterocycles. The van der Waals surface area contributed by atoms with Crippen molar-refractivity contribution in [3.8, 4) is 0 Å². The molecule has 0 atom stereocenters. The smallest absolute Gasteiger partial charge is 0.168 e. The summed E-state index contributed by atoms with van der Waals surface area (Å²) in [6, 6.07) is 6.06. The zero-order valence-electron chi connectivity index (χ0n) is 8.83. The number of Topliss-reactive ketones (excluding diaryl/α,β-unsaturated/α-hetero) is 1.